The first-order valence-electron chi connectivity index (χ1n) is 5.73. The molecule has 16 heavy (non-hydrogen) atoms. The lowest BCUT2D eigenvalue weighted by Gasteiger charge is -2.25. The third-order valence-corrected chi connectivity index (χ3v) is 2.45. The molecule has 2 amide bonds. The number of nitrogens with zero attached hydrogens (tertiary/aromatic N) is 1. The highest BCUT2D eigenvalue weighted by Gasteiger charge is 2.24. The van der Waals surface area contributed by atoms with Crippen LogP contribution >= 0.6 is 0 Å². The van der Waals surface area contributed by atoms with Gasteiger partial charge in [-0.15, -0.1) is 0 Å². The van der Waals surface area contributed by atoms with Crippen molar-refractivity contribution in [2.24, 2.45) is 5.92 Å². The molecule has 1 rings (SSSR count). The molecule has 0 aromatic rings. The second kappa shape index (κ2) is 6.60. The molecule has 1 fully saturated rings. The van der Waals surface area contributed by atoms with Crippen LogP contribution in [0.2, 0.25) is 0 Å². The Morgan fingerprint density at radius 1 is 1.25 bits per heavy atom. The summed E-state index contributed by atoms with van der Waals surface area (Å²) in [5.74, 6) is 0.287. The monoisotopic (exact) mass is 228 g/mol. The Bertz CT molecular complexity index is 238. The van der Waals surface area contributed by atoms with Crippen LogP contribution in [0.25, 0.3) is 0 Å². The van der Waals surface area contributed by atoms with Crippen molar-refractivity contribution >= 4 is 11.8 Å². The average Bonchev–Trinajstić information content (AvgIpc) is 2.21. The molecule has 0 unspecified atom stereocenters. The molecule has 1 saturated heterocycles. The van der Waals surface area contributed by atoms with E-state index in [1.165, 1.54) is 4.90 Å². The van der Waals surface area contributed by atoms with Crippen molar-refractivity contribution in [2.75, 3.05) is 32.8 Å². The number of hydrogen-bond acceptors (Lipinski definition) is 4. The van der Waals surface area contributed by atoms with Crippen LogP contribution in [0.5, 0.6) is 0 Å². The zero-order valence-corrected chi connectivity index (χ0v) is 9.99. The van der Waals surface area contributed by atoms with Gasteiger partial charge in [0, 0.05) is 6.61 Å². The summed E-state index contributed by atoms with van der Waals surface area (Å²) in [7, 11) is 0. The van der Waals surface area contributed by atoms with Crippen molar-refractivity contribution in [2.45, 2.75) is 20.3 Å². The Hall–Kier alpha value is -0.940. The van der Waals surface area contributed by atoms with Gasteiger partial charge in [-0.3, -0.25) is 19.8 Å². The third-order valence-electron chi connectivity index (χ3n) is 2.45. The van der Waals surface area contributed by atoms with E-state index in [9.17, 15) is 9.59 Å². The summed E-state index contributed by atoms with van der Waals surface area (Å²) in [5.41, 5.74) is 0. The molecule has 1 aliphatic heterocycles. The number of carbonyl (C=O) groups is 2. The normalized spacial score (nSPS) is 17.3. The molecule has 1 N–H and O–H groups in total. The van der Waals surface area contributed by atoms with Gasteiger partial charge in [0.1, 0.15) is 0 Å². The molecule has 0 bridgehead atoms. The van der Waals surface area contributed by atoms with E-state index in [1.54, 1.807) is 0 Å². The van der Waals surface area contributed by atoms with E-state index in [2.05, 4.69) is 19.2 Å². The molecule has 5 nitrogen and oxygen atoms in total. The van der Waals surface area contributed by atoms with Crippen LogP contribution in [0.4, 0.5) is 0 Å². The van der Waals surface area contributed by atoms with Gasteiger partial charge in [-0.25, -0.2) is 0 Å². The summed E-state index contributed by atoms with van der Waals surface area (Å²) in [5, 5.41) is 2.75. The molecule has 0 aliphatic carbocycles. The van der Waals surface area contributed by atoms with Crippen LogP contribution in [-0.4, -0.2) is 49.6 Å². The second-order valence-corrected chi connectivity index (χ2v) is 4.34. The quantitative estimate of drug-likeness (QED) is 0.514. The highest BCUT2D eigenvalue weighted by Crippen LogP contribution is 2.00. The zero-order valence-electron chi connectivity index (χ0n) is 9.99. The van der Waals surface area contributed by atoms with Crippen LogP contribution in [0, 0.1) is 5.92 Å². The van der Waals surface area contributed by atoms with Crippen molar-refractivity contribution in [3.63, 3.8) is 0 Å². The molecular weight excluding hydrogens is 208 g/mol. The predicted octanol–water partition coefficient (Wildman–Crippen LogP) is 0.00750. The first-order chi connectivity index (χ1) is 7.61. The van der Waals surface area contributed by atoms with Crippen molar-refractivity contribution < 1.29 is 14.3 Å². The maximum Gasteiger partial charge on any atom is 0.243 e. The van der Waals surface area contributed by atoms with E-state index in [-0.39, 0.29) is 24.9 Å². The first kappa shape index (κ1) is 13.1. The van der Waals surface area contributed by atoms with Gasteiger partial charge in [-0.05, 0) is 12.3 Å². The van der Waals surface area contributed by atoms with Gasteiger partial charge in [0.25, 0.3) is 0 Å². The summed E-state index contributed by atoms with van der Waals surface area (Å²) in [6.45, 7) is 6.25. The number of piperazine rings is 1. The Balaban J connectivity index is 2.16. The molecule has 1 heterocycles. The van der Waals surface area contributed by atoms with Crippen LogP contribution < -0.4 is 5.32 Å². The molecule has 0 aromatic carbocycles. The van der Waals surface area contributed by atoms with Crippen LogP contribution in [-0.2, 0) is 14.3 Å². The topological polar surface area (TPSA) is 58.6 Å². The molecule has 0 saturated carbocycles. The van der Waals surface area contributed by atoms with E-state index in [1.807, 2.05) is 0 Å². The molecule has 1 aliphatic rings. The Morgan fingerprint density at radius 2 is 1.88 bits per heavy atom. The molecule has 92 valence electrons. The van der Waals surface area contributed by atoms with Crippen molar-refractivity contribution in [1.82, 2.24) is 10.2 Å². The van der Waals surface area contributed by atoms with Gasteiger partial charge in [-0.1, -0.05) is 13.8 Å². The average molecular weight is 228 g/mol. The van der Waals surface area contributed by atoms with Gasteiger partial charge < -0.3 is 4.74 Å². The van der Waals surface area contributed by atoms with E-state index >= 15 is 0 Å². The molecule has 0 radical (unpaired) electrons. The minimum atomic E-state index is -0.163. The highest BCUT2D eigenvalue weighted by atomic mass is 16.5. The second-order valence-electron chi connectivity index (χ2n) is 4.34. The summed E-state index contributed by atoms with van der Waals surface area (Å²) in [4.78, 5) is 24.0. The number of rotatable bonds is 6. The molecular formula is C11H20N2O3. The molecule has 0 atom stereocenters. The van der Waals surface area contributed by atoms with Gasteiger partial charge in [0.15, 0.2) is 0 Å². The van der Waals surface area contributed by atoms with Crippen LogP contribution in [0.3, 0.4) is 0 Å². The summed E-state index contributed by atoms with van der Waals surface area (Å²) in [6.07, 6.45) is 1.00. The Kier molecular flexibility index (Phi) is 5.42. The predicted molar refractivity (Wildman–Crippen MR) is 59.9 cm³/mol. The number of hydrogen-bond donors (Lipinski definition) is 1. The van der Waals surface area contributed by atoms with Crippen LogP contribution in [0.1, 0.15) is 20.3 Å². The van der Waals surface area contributed by atoms with Gasteiger partial charge in [-0.2, -0.15) is 0 Å². The lowest BCUT2D eigenvalue weighted by Crippen LogP contribution is -2.52. The number of ether oxygens (including phenoxy) is 1. The summed E-state index contributed by atoms with van der Waals surface area (Å²) < 4.78 is 5.38. The van der Waals surface area contributed by atoms with E-state index in [0.29, 0.717) is 25.7 Å². The van der Waals surface area contributed by atoms with Gasteiger partial charge in [0.05, 0.1) is 26.2 Å². The number of carbonyl (C=O) groups excluding carboxylic acids is 2. The summed E-state index contributed by atoms with van der Waals surface area (Å²) in [6, 6.07) is 0. The maximum atomic E-state index is 11.4. The van der Waals surface area contributed by atoms with E-state index in [4.69, 9.17) is 4.74 Å². The number of nitrogens with one attached hydrogen (secondary N) is 1. The van der Waals surface area contributed by atoms with Crippen LogP contribution in [0.15, 0.2) is 0 Å². The first-order valence-corrected chi connectivity index (χ1v) is 5.73. The lowest BCUT2D eigenvalue weighted by molar-refractivity contribution is -0.147. The Morgan fingerprint density at radius 3 is 2.44 bits per heavy atom. The maximum absolute atomic E-state index is 11.4. The summed E-state index contributed by atoms with van der Waals surface area (Å²) >= 11 is 0. The largest absolute Gasteiger partial charge is 0.380 e. The van der Waals surface area contributed by atoms with Crippen molar-refractivity contribution in [1.29, 1.82) is 0 Å². The molecule has 5 heteroatoms. The molecule has 0 aromatic heterocycles. The standard InChI is InChI=1S/C11H20N2O3/c1-9(2)3-5-16-6-4-13-10(14)7-12-8-11(13)15/h9,12H,3-8H2,1-2H3. The smallest absolute Gasteiger partial charge is 0.243 e. The van der Waals surface area contributed by atoms with E-state index < -0.39 is 0 Å². The Labute approximate surface area is 96.1 Å². The minimum absolute atomic E-state index is 0.163. The molecule has 0 spiro atoms. The highest BCUT2D eigenvalue weighted by molar-refractivity contribution is 5.99. The zero-order chi connectivity index (χ0) is 12.0. The van der Waals surface area contributed by atoms with E-state index in [0.717, 1.165) is 6.42 Å². The minimum Gasteiger partial charge on any atom is -0.380 e. The van der Waals surface area contributed by atoms with Gasteiger partial charge in [0.2, 0.25) is 11.8 Å². The third kappa shape index (κ3) is 4.28. The van der Waals surface area contributed by atoms with Crippen molar-refractivity contribution in [3.05, 3.63) is 0 Å². The SMILES string of the molecule is CC(C)CCOCCN1C(=O)CNCC1=O. The fraction of sp³-hybridized carbons (Fsp3) is 0.818. The number of amides is 2. The lowest BCUT2D eigenvalue weighted by atomic mass is 10.1. The number of imide groups is 1. The van der Waals surface area contributed by atoms with Crippen molar-refractivity contribution in [3.8, 4) is 0 Å². The fourth-order valence-electron chi connectivity index (χ4n) is 1.43. The van der Waals surface area contributed by atoms with Gasteiger partial charge >= 0.3 is 0 Å². The fourth-order valence-corrected chi connectivity index (χ4v) is 1.43.